The van der Waals surface area contributed by atoms with Crippen LogP contribution in [0.1, 0.15) is 43.3 Å². The Kier molecular flexibility index (Phi) is 9.26. The molecule has 0 atom stereocenters. The van der Waals surface area contributed by atoms with Crippen molar-refractivity contribution >= 4 is 47.4 Å². The summed E-state index contributed by atoms with van der Waals surface area (Å²) >= 11 is 1.77. The van der Waals surface area contributed by atoms with Gasteiger partial charge < -0.3 is 20.3 Å². The van der Waals surface area contributed by atoms with E-state index in [1.54, 1.807) is 23.3 Å². The lowest BCUT2D eigenvalue weighted by atomic mass is 10.1. The third kappa shape index (κ3) is 7.44. The topological polar surface area (TPSA) is 78.9 Å². The van der Waals surface area contributed by atoms with Gasteiger partial charge in [-0.3, -0.25) is 4.99 Å². The molecule has 0 aromatic carbocycles. The number of hydrogen-bond acceptors (Lipinski definition) is 5. The summed E-state index contributed by atoms with van der Waals surface area (Å²) in [5.74, 6) is 0.753. The van der Waals surface area contributed by atoms with Gasteiger partial charge in [-0.05, 0) is 34.1 Å². The smallest absolute Gasteiger partial charge is 0.410 e. The zero-order chi connectivity index (χ0) is 19.3. The number of carbonyl (C=O) groups excluding carboxylic acids is 1. The van der Waals surface area contributed by atoms with Crippen LogP contribution in [0.25, 0.3) is 0 Å². The quantitative estimate of drug-likeness (QED) is 0.363. The van der Waals surface area contributed by atoms with Crippen LogP contribution < -0.4 is 10.6 Å². The van der Waals surface area contributed by atoms with E-state index in [4.69, 9.17) is 4.74 Å². The largest absolute Gasteiger partial charge is 0.444 e. The molecule has 2 heterocycles. The van der Waals surface area contributed by atoms with Crippen LogP contribution in [-0.2, 0) is 17.6 Å². The van der Waals surface area contributed by atoms with Gasteiger partial charge in [-0.25, -0.2) is 9.78 Å². The van der Waals surface area contributed by atoms with Crippen LogP contribution in [0, 0.1) is 6.92 Å². The van der Waals surface area contributed by atoms with Gasteiger partial charge in [0.2, 0.25) is 0 Å². The maximum Gasteiger partial charge on any atom is 0.410 e. The van der Waals surface area contributed by atoms with Gasteiger partial charge >= 0.3 is 6.09 Å². The predicted molar refractivity (Wildman–Crippen MR) is 121 cm³/mol. The molecule has 7 nitrogen and oxygen atoms in total. The maximum atomic E-state index is 11.9. The van der Waals surface area contributed by atoms with Crippen molar-refractivity contribution < 1.29 is 9.53 Å². The molecule has 9 heteroatoms. The number of hydrogen-bond donors (Lipinski definition) is 2. The first-order valence-corrected chi connectivity index (χ1v) is 9.93. The number of aromatic nitrogens is 1. The summed E-state index contributed by atoms with van der Waals surface area (Å²) in [6, 6.07) is 0.197. The third-order valence-corrected chi connectivity index (χ3v) is 5.07. The van der Waals surface area contributed by atoms with Crippen molar-refractivity contribution in [3.63, 3.8) is 0 Å². The van der Waals surface area contributed by atoms with Crippen LogP contribution in [0.4, 0.5) is 4.79 Å². The molecule has 1 aromatic heterocycles. The van der Waals surface area contributed by atoms with E-state index in [1.807, 2.05) is 20.8 Å². The van der Waals surface area contributed by atoms with Crippen molar-refractivity contribution in [1.82, 2.24) is 20.5 Å². The van der Waals surface area contributed by atoms with Crippen LogP contribution in [0.5, 0.6) is 0 Å². The highest BCUT2D eigenvalue weighted by atomic mass is 127. The molecule has 0 bridgehead atoms. The van der Waals surface area contributed by atoms with Gasteiger partial charge in [0.05, 0.1) is 16.7 Å². The molecular formula is C18H32IN5O2S. The fourth-order valence-corrected chi connectivity index (χ4v) is 3.67. The van der Waals surface area contributed by atoms with Crippen molar-refractivity contribution in [3.8, 4) is 0 Å². The van der Waals surface area contributed by atoms with Crippen molar-refractivity contribution in [2.24, 2.45) is 4.99 Å². The Bertz CT molecular complexity index is 651. The molecule has 154 valence electrons. The number of likely N-dealkylation sites (tertiary alicyclic amines) is 1. The summed E-state index contributed by atoms with van der Waals surface area (Å²) in [7, 11) is 1.75. The molecular weight excluding hydrogens is 477 g/mol. The Labute approximate surface area is 183 Å². The summed E-state index contributed by atoms with van der Waals surface area (Å²) in [6.45, 7) is 11.9. The van der Waals surface area contributed by atoms with E-state index >= 15 is 0 Å². The first kappa shape index (κ1) is 23.9. The summed E-state index contributed by atoms with van der Waals surface area (Å²) in [5.41, 5.74) is 0.739. The van der Waals surface area contributed by atoms with Crippen LogP contribution in [0.3, 0.4) is 0 Å². The number of ether oxygens (including phenoxy) is 1. The molecule has 1 saturated heterocycles. The van der Waals surface area contributed by atoms with Gasteiger partial charge in [0.25, 0.3) is 0 Å². The first-order valence-electron chi connectivity index (χ1n) is 9.12. The van der Waals surface area contributed by atoms with Gasteiger partial charge in [-0.2, -0.15) is 0 Å². The van der Waals surface area contributed by atoms with Gasteiger partial charge in [0.15, 0.2) is 5.96 Å². The lowest BCUT2D eigenvalue weighted by Crippen LogP contribution is -2.63. The molecule has 2 N–H and O–H groups in total. The fraction of sp³-hybridized carbons (Fsp3) is 0.722. The average molecular weight is 509 g/mol. The maximum absolute atomic E-state index is 11.9. The molecule has 1 amide bonds. The molecule has 27 heavy (non-hydrogen) atoms. The van der Waals surface area contributed by atoms with Crippen molar-refractivity contribution in [2.45, 2.75) is 59.1 Å². The monoisotopic (exact) mass is 509 g/mol. The highest BCUT2D eigenvalue weighted by molar-refractivity contribution is 14.0. The summed E-state index contributed by atoms with van der Waals surface area (Å²) in [6.07, 6.45) is 1.60. The molecule has 0 unspecified atom stereocenters. The summed E-state index contributed by atoms with van der Waals surface area (Å²) in [5, 5.41) is 7.81. The number of rotatable bonds is 5. The van der Waals surface area contributed by atoms with Crippen LogP contribution >= 0.6 is 35.3 Å². The van der Waals surface area contributed by atoms with E-state index in [2.05, 4.69) is 34.5 Å². The number of amides is 1. The van der Waals surface area contributed by atoms with Gasteiger partial charge in [0, 0.05) is 38.0 Å². The molecule has 1 aliphatic rings. The SMILES string of the molecule is CCc1nc(CCNC(=NC)NC2CN(C(=O)OC(C)(C)C)C2)sc1C.I. The lowest BCUT2D eigenvalue weighted by molar-refractivity contribution is 0.00701. The van der Waals surface area contributed by atoms with Crippen molar-refractivity contribution in [2.75, 3.05) is 26.7 Å². The van der Waals surface area contributed by atoms with Gasteiger partial charge in [-0.15, -0.1) is 35.3 Å². The van der Waals surface area contributed by atoms with E-state index in [1.165, 1.54) is 10.6 Å². The Morgan fingerprint density at radius 3 is 2.59 bits per heavy atom. The zero-order valence-corrected chi connectivity index (χ0v) is 20.2. The highest BCUT2D eigenvalue weighted by Gasteiger charge is 2.34. The fourth-order valence-electron chi connectivity index (χ4n) is 2.64. The Morgan fingerprint density at radius 1 is 1.41 bits per heavy atom. The second-order valence-electron chi connectivity index (χ2n) is 7.44. The number of carbonyl (C=O) groups is 1. The molecule has 0 spiro atoms. The van der Waals surface area contributed by atoms with E-state index in [-0.39, 0.29) is 36.1 Å². The third-order valence-electron chi connectivity index (χ3n) is 4.00. The minimum absolute atomic E-state index is 0. The Hall–Kier alpha value is -1.10. The molecule has 0 aliphatic carbocycles. The van der Waals surface area contributed by atoms with Crippen molar-refractivity contribution in [1.29, 1.82) is 0 Å². The average Bonchev–Trinajstić information content (AvgIpc) is 2.86. The predicted octanol–water partition coefficient (Wildman–Crippen LogP) is 2.96. The van der Waals surface area contributed by atoms with E-state index in [0.29, 0.717) is 13.1 Å². The lowest BCUT2D eigenvalue weighted by Gasteiger charge is -2.40. The minimum Gasteiger partial charge on any atom is -0.444 e. The number of aliphatic imine (C=N–C) groups is 1. The normalized spacial score (nSPS) is 15.0. The second kappa shape index (κ2) is 10.4. The molecule has 2 rings (SSSR count). The van der Waals surface area contributed by atoms with Gasteiger partial charge in [0.1, 0.15) is 5.60 Å². The number of nitrogens with one attached hydrogen (secondary N) is 2. The summed E-state index contributed by atoms with van der Waals surface area (Å²) in [4.78, 5) is 23.9. The number of aryl methyl sites for hydroxylation is 2. The standard InChI is InChI=1S/C18H31N5O2S.HI/c1-7-14-12(2)26-15(22-14)8-9-20-16(19-6)21-13-10-23(11-13)17(24)25-18(3,4)5;/h13H,7-11H2,1-6H3,(H2,19,20,21);1H. The van der Waals surface area contributed by atoms with Gasteiger partial charge in [-0.1, -0.05) is 6.92 Å². The van der Waals surface area contributed by atoms with Crippen LogP contribution in [0.2, 0.25) is 0 Å². The van der Waals surface area contributed by atoms with Crippen LogP contribution in [-0.4, -0.2) is 60.3 Å². The number of thiazole rings is 1. The Balaban J connectivity index is 0.00000364. The molecule has 0 saturated carbocycles. The minimum atomic E-state index is -0.459. The van der Waals surface area contributed by atoms with Crippen molar-refractivity contribution in [3.05, 3.63) is 15.6 Å². The number of halogens is 1. The summed E-state index contributed by atoms with van der Waals surface area (Å²) < 4.78 is 5.36. The number of guanidine groups is 1. The highest BCUT2D eigenvalue weighted by Crippen LogP contribution is 2.18. The van der Waals surface area contributed by atoms with E-state index in [0.717, 1.165) is 30.4 Å². The zero-order valence-electron chi connectivity index (χ0n) is 17.1. The number of nitrogens with zero attached hydrogens (tertiary/aromatic N) is 3. The molecule has 0 radical (unpaired) electrons. The molecule has 1 fully saturated rings. The Morgan fingerprint density at radius 2 is 2.07 bits per heavy atom. The second-order valence-corrected chi connectivity index (χ2v) is 8.73. The van der Waals surface area contributed by atoms with Crippen LogP contribution in [0.15, 0.2) is 4.99 Å². The van der Waals surface area contributed by atoms with E-state index in [9.17, 15) is 4.79 Å². The first-order chi connectivity index (χ1) is 12.2. The molecule has 1 aromatic rings. The molecule has 1 aliphatic heterocycles. The van der Waals surface area contributed by atoms with E-state index < -0.39 is 5.60 Å².